The average molecular weight is 478 g/mol. The fraction of sp³-hybridized carbons (Fsp3) is 0.105. The minimum Gasteiger partial charge on any atom is -0.505 e. The number of nitrogens with two attached hydrogens (primary N) is 1. The molecule has 0 saturated heterocycles. The van der Waals surface area contributed by atoms with E-state index in [1.807, 2.05) is 30.3 Å². The van der Waals surface area contributed by atoms with Crippen molar-refractivity contribution >= 4 is 45.1 Å². The molecule has 3 rings (SSSR count). The summed E-state index contributed by atoms with van der Waals surface area (Å²) in [6.45, 7) is 0. The number of para-hydroxylation sites is 1. The average Bonchev–Trinajstić information content (AvgIpc) is 2.68. The van der Waals surface area contributed by atoms with E-state index in [0.29, 0.717) is 32.4 Å². The molecule has 1 atom stereocenters. The zero-order valence-electron chi connectivity index (χ0n) is 13.9. The highest BCUT2D eigenvalue weighted by Crippen LogP contribution is 2.34. The Kier molecular flexibility index (Phi) is 5.57. The van der Waals surface area contributed by atoms with Gasteiger partial charge in [-0.2, -0.15) is 0 Å². The van der Waals surface area contributed by atoms with Crippen LogP contribution >= 0.6 is 22.6 Å². The number of ether oxygens (including phenoxy) is 1. The first-order valence-corrected chi connectivity index (χ1v) is 9.42. The number of carboxylic acids is 1. The highest BCUT2D eigenvalue weighted by molar-refractivity contribution is 14.1. The number of benzene rings is 2. The third kappa shape index (κ3) is 3.86. The van der Waals surface area contributed by atoms with Crippen LogP contribution in [0.1, 0.15) is 16.2 Å². The molecule has 2 aromatic carbocycles. The van der Waals surface area contributed by atoms with Crippen molar-refractivity contribution in [1.29, 1.82) is 0 Å². The number of Topliss-reactive ketones (excluding diaryl/α,β-unsaturated/α-hetero) is 1. The fourth-order valence-electron chi connectivity index (χ4n) is 2.57. The zero-order valence-corrected chi connectivity index (χ0v) is 16.1. The number of carboxylic acid groups (broad SMARTS) is 1. The Morgan fingerprint density at radius 3 is 2.44 bits per heavy atom. The summed E-state index contributed by atoms with van der Waals surface area (Å²) in [7, 11) is 0. The van der Waals surface area contributed by atoms with E-state index in [1.54, 1.807) is 18.2 Å². The van der Waals surface area contributed by atoms with E-state index in [0.717, 1.165) is 0 Å². The quantitative estimate of drug-likeness (QED) is 0.215. The number of rotatable bonds is 6. The van der Waals surface area contributed by atoms with Gasteiger partial charge in [0.05, 0.1) is 5.69 Å². The van der Waals surface area contributed by atoms with Crippen molar-refractivity contribution in [2.24, 2.45) is 5.73 Å². The predicted molar refractivity (Wildman–Crippen MR) is 108 cm³/mol. The van der Waals surface area contributed by atoms with Crippen molar-refractivity contribution in [1.82, 2.24) is 4.98 Å². The van der Waals surface area contributed by atoms with Crippen LogP contribution in [0.25, 0.3) is 10.8 Å². The number of aromatic nitrogens is 1. The van der Waals surface area contributed by atoms with E-state index in [1.165, 1.54) is 0 Å². The van der Waals surface area contributed by atoms with E-state index in [-0.39, 0.29) is 5.69 Å². The number of aromatic hydroxyl groups is 1. The van der Waals surface area contributed by atoms with Gasteiger partial charge < -0.3 is 20.7 Å². The van der Waals surface area contributed by atoms with Gasteiger partial charge in [-0.05, 0) is 30.3 Å². The molecule has 8 heteroatoms. The molecule has 1 aromatic heterocycles. The Balaban J connectivity index is 2.09. The van der Waals surface area contributed by atoms with Gasteiger partial charge in [-0.15, -0.1) is 0 Å². The van der Waals surface area contributed by atoms with Crippen molar-refractivity contribution in [3.05, 3.63) is 59.9 Å². The van der Waals surface area contributed by atoms with Crippen molar-refractivity contribution < 1.29 is 24.5 Å². The summed E-state index contributed by atoms with van der Waals surface area (Å²) in [6.07, 6.45) is 0. The summed E-state index contributed by atoms with van der Waals surface area (Å²) in [5.41, 5.74) is 5.55. The first kappa shape index (κ1) is 19.1. The Hall–Kier alpha value is -2.72. The lowest BCUT2D eigenvalue weighted by Crippen LogP contribution is -2.39. The molecule has 0 fully saturated rings. The van der Waals surface area contributed by atoms with Gasteiger partial charge in [0.25, 0.3) is 0 Å². The standard InChI is InChI=1S/C19H15IN2O5/c20-9-14-13-8-11(27-10-4-2-1-3-5-10)6-7-12(13)17(23)16(22-14)18(24)15(21)19(25)26/h1-8,15,23H,9,21H2,(H,25,26). The van der Waals surface area contributed by atoms with Gasteiger partial charge >= 0.3 is 5.97 Å². The molecule has 27 heavy (non-hydrogen) atoms. The van der Waals surface area contributed by atoms with Gasteiger partial charge in [0.2, 0.25) is 5.78 Å². The molecular weight excluding hydrogens is 463 g/mol. The van der Waals surface area contributed by atoms with Crippen molar-refractivity contribution in [2.75, 3.05) is 0 Å². The molecule has 0 aliphatic carbocycles. The van der Waals surface area contributed by atoms with Gasteiger partial charge in [-0.3, -0.25) is 9.59 Å². The van der Waals surface area contributed by atoms with Gasteiger partial charge in [0.1, 0.15) is 11.5 Å². The molecule has 138 valence electrons. The number of nitrogens with zero attached hydrogens (tertiary/aromatic N) is 1. The van der Waals surface area contributed by atoms with Crippen LogP contribution in [0.15, 0.2) is 48.5 Å². The SMILES string of the molecule is NC(C(=O)O)C(=O)c1nc(CI)c2cc(Oc3ccccc3)ccc2c1O. The van der Waals surface area contributed by atoms with Crippen LogP contribution in [0, 0.1) is 0 Å². The summed E-state index contributed by atoms with van der Waals surface area (Å²) in [5.74, 6) is -1.63. The van der Waals surface area contributed by atoms with Crippen molar-refractivity contribution in [2.45, 2.75) is 10.5 Å². The first-order valence-electron chi connectivity index (χ1n) is 7.89. The first-order chi connectivity index (χ1) is 12.9. The number of carbonyl (C=O) groups is 2. The number of alkyl halides is 1. The van der Waals surface area contributed by atoms with Gasteiger partial charge in [-0.1, -0.05) is 40.8 Å². The number of ketones is 1. The van der Waals surface area contributed by atoms with Crippen LogP contribution in [0.5, 0.6) is 17.2 Å². The highest BCUT2D eigenvalue weighted by Gasteiger charge is 2.28. The zero-order chi connectivity index (χ0) is 19.6. The minimum atomic E-state index is -1.79. The summed E-state index contributed by atoms with van der Waals surface area (Å²) in [6, 6.07) is 12.4. The fourth-order valence-corrected chi connectivity index (χ4v) is 3.15. The summed E-state index contributed by atoms with van der Waals surface area (Å²) in [4.78, 5) is 27.4. The van der Waals surface area contributed by atoms with Gasteiger partial charge in [0.15, 0.2) is 17.5 Å². The number of hydrogen-bond donors (Lipinski definition) is 3. The van der Waals surface area contributed by atoms with Gasteiger partial charge in [0, 0.05) is 15.2 Å². The van der Waals surface area contributed by atoms with Crippen LogP contribution < -0.4 is 10.5 Å². The molecule has 7 nitrogen and oxygen atoms in total. The second-order valence-electron chi connectivity index (χ2n) is 5.69. The van der Waals surface area contributed by atoms with E-state index in [2.05, 4.69) is 27.6 Å². The molecule has 0 amide bonds. The second kappa shape index (κ2) is 7.89. The molecule has 0 bridgehead atoms. The highest BCUT2D eigenvalue weighted by atomic mass is 127. The summed E-state index contributed by atoms with van der Waals surface area (Å²) >= 11 is 2.08. The third-order valence-electron chi connectivity index (χ3n) is 3.92. The second-order valence-corrected chi connectivity index (χ2v) is 6.45. The minimum absolute atomic E-state index is 0.346. The van der Waals surface area contributed by atoms with Crippen LogP contribution in [-0.2, 0) is 9.22 Å². The monoisotopic (exact) mass is 478 g/mol. The summed E-state index contributed by atoms with van der Waals surface area (Å²) in [5, 5.41) is 20.4. The number of carbonyl (C=O) groups excluding carboxylic acids is 1. The van der Waals surface area contributed by atoms with Crippen LogP contribution in [0.4, 0.5) is 0 Å². The molecule has 4 N–H and O–H groups in total. The maximum absolute atomic E-state index is 12.3. The van der Waals surface area contributed by atoms with E-state index in [9.17, 15) is 14.7 Å². The number of halogens is 1. The van der Waals surface area contributed by atoms with Crippen molar-refractivity contribution in [3.63, 3.8) is 0 Å². The Labute approximate surface area is 167 Å². The van der Waals surface area contributed by atoms with E-state index in [4.69, 9.17) is 15.6 Å². The molecular formula is C19H15IN2O5. The van der Waals surface area contributed by atoms with Crippen LogP contribution in [0.2, 0.25) is 0 Å². The molecule has 0 radical (unpaired) electrons. The molecule has 0 aliphatic heterocycles. The molecule has 3 aromatic rings. The van der Waals surface area contributed by atoms with E-state index >= 15 is 0 Å². The van der Waals surface area contributed by atoms with Crippen LogP contribution in [-0.4, -0.2) is 33.0 Å². The number of aliphatic carboxylic acids is 1. The lowest BCUT2D eigenvalue weighted by Gasteiger charge is -2.13. The number of pyridine rings is 1. The van der Waals surface area contributed by atoms with E-state index < -0.39 is 23.5 Å². The molecule has 1 heterocycles. The Morgan fingerprint density at radius 1 is 1.11 bits per heavy atom. The predicted octanol–water partition coefficient (Wildman–Crippen LogP) is 3.26. The lowest BCUT2D eigenvalue weighted by molar-refractivity contribution is -0.137. The molecule has 1 unspecified atom stereocenters. The largest absolute Gasteiger partial charge is 0.505 e. The maximum Gasteiger partial charge on any atom is 0.328 e. The molecule has 0 aliphatic rings. The van der Waals surface area contributed by atoms with Crippen LogP contribution in [0.3, 0.4) is 0 Å². The maximum atomic E-state index is 12.3. The van der Waals surface area contributed by atoms with Gasteiger partial charge in [-0.25, -0.2) is 4.98 Å². The number of hydrogen-bond acceptors (Lipinski definition) is 6. The summed E-state index contributed by atoms with van der Waals surface area (Å²) < 4.78 is 6.23. The molecule has 0 spiro atoms. The van der Waals surface area contributed by atoms with Crippen molar-refractivity contribution in [3.8, 4) is 17.2 Å². The number of fused-ring (bicyclic) bond motifs is 1. The Morgan fingerprint density at radius 2 is 1.81 bits per heavy atom. The smallest absolute Gasteiger partial charge is 0.328 e. The third-order valence-corrected chi connectivity index (χ3v) is 4.64. The topological polar surface area (TPSA) is 123 Å². The molecule has 0 saturated carbocycles. The lowest BCUT2D eigenvalue weighted by atomic mass is 10.0. The Bertz CT molecular complexity index is 1020. The normalized spacial score (nSPS) is 11.9.